The van der Waals surface area contributed by atoms with Crippen LogP contribution in [0.2, 0.25) is 0 Å². The molecule has 1 N–H and O–H groups in total. The van der Waals surface area contributed by atoms with Crippen molar-refractivity contribution < 1.29 is 22.8 Å². The molecule has 0 saturated carbocycles. The summed E-state index contributed by atoms with van der Waals surface area (Å²) in [6.45, 7) is 1.05. The topological polar surface area (TPSA) is 85.1 Å². The standard InChI is InChI=1S/C24H21F3N6O2/c25-24(26,27)16-5-3-6-17(13-16)29-21(34)14-20-22(35)32(11-4-10-31-12-9-28-15-31)23-30-18-7-1-2-8-19(18)33(20)23/h1-3,5-9,12-13,15,20H,4,10-11,14H2,(H,29,34)/t20-/m0/s1. The number of para-hydroxylation sites is 2. The maximum absolute atomic E-state index is 13.4. The van der Waals surface area contributed by atoms with Gasteiger partial charge in [-0.2, -0.15) is 13.2 Å². The number of carbonyl (C=O) groups is 2. The van der Waals surface area contributed by atoms with Crippen molar-refractivity contribution in [3.8, 4) is 0 Å². The van der Waals surface area contributed by atoms with Crippen molar-refractivity contribution in [3.63, 3.8) is 0 Å². The molecule has 2 amide bonds. The molecule has 4 aromatic rings. The molecule has 2 aromatic carbocycles. The highest BCUT2D eigenvalue weighted by molar-refractivity contribution is 6.05. The third kappa shape index (κ3) is 4.48. The first-order valence-corrected chi connectivity index (χ1v) is 11.0. The Balaban J connectivity index is 1.37. The molecule has 2 aromatic heterocycles. The van der Waals surface area contributed by atoms with Crippen molar-refractivity contribution in [3.05, 3.63) is 72.8 Å². The summed E-state index contributed by atoms with van der Waals surface area (Å²) in [4.78, 5) is 36.4. The Hall–Kier alpha value is -4.15. The van der Waals surface area contributed by atoms with Crippen LogP contribution < -0.4 is 10.2 Å². The fraction of sp³-hybridized carbons (Fsp3) is 0.250. The van der Waals surface area contributed by atoms with Gasteiger partial charge in [0.2, 0.25) is 11.9 Å². The third-order valence-electron chi connectivity index (χ3n) is 5.89. The summed E-state index contributed by atoms with van der Waals surface area (Å²) >= 11 is 0. The number of nitrogens with zero attached hydrogens (tertiary/aromatic N) is 5. The zero-order valence-corrected chi connectivity index (χ0v) is 18.4. The van der Waals surface area contributed by atoms with Crippen molar-refractivity contribution in [1.29, 1.82) is 0 Å². The van der Waals surface area contributed by atoms with Gasteiger partial charge in [0.1, 0.15) is 6.04 Å². The summed E-state index contributed by atoms with van der Waals surface area (Å²) in [5, 5.41) is 2.50. The number of amides is 2. The lowest BCUT2D eigenvalue weighted by molar-refractivity contribution is -0.137. The minimum atomic E-state index is -4.52. The molecule has 0 bridgehead atoms. The van der Waals surface area contributed by atoms with Crippen LogP contribution in [0.1, 0.15) is 24.4 Å². The van der Waals surface area contributed by atoms with Crippen molar-refractivity contribution in [2.75, 3.05) is 16.8 Å². The summed E-state index contributed by atoms with van der Waals surface area (Å²) < 4.78 is 42.7. The van der Waals surface area contributed by atoms with E-state index in [1.54, 1.807) is 22.0 Å². The Morgan fingerprint density at radius 2 is 1.91 bits per heavy atom. The molecule has 8 nitrogen and oxygen atoms in total. The van der Waals surface area contributed by atoms with Crippen LogP contribution in [-0.4, -0.2) is 37.5 Å². The number of aryl methyl sites for hydroxylation is 1. The summed E-state index contributed by atoms with van der Waals surface area (Å²) in [5.41, 5.74) is 0.560. The van der Waals surface area contributed by atoms with Crippen LogP contribution in [0, 0.1) is 0 Å². The molecule has 180 valence electrons. The van der Waals surface area contributed by atoms with Gasteiger partial charge >= 0.3 is 6.18 Å². The van der Waals surface area contributed by atoms with Gasteiger partial charge in [-0.15, -0.1) is 0 Å². The van der Waals surface area contributed by atoms with Gasteiger partial charge in [-0.1, -0.05) is 18.2 Å². The quantitative estimate of drug-likeness (QED) is 0.427. The molecule has 35 heavy (non-hydrogen) atoms. The molecule has 3 heterocycles. The van der Waals surface area contributed by atoms with Crippen LogP contribution in [0.15, 0.2) is 67.3 Å². The lowest BCUT2D eigenvalue weighted by Crippen LogP contribution is -2.32. The molecule has 0 fully saturated rings. The minimum Gasteiger partial charge on any atom is -0.337 e. The normalized spacial score (nSPS) is 15.6. The van der Waals surface area contributed by atoms with Gasteiger partial charge in [0, 0.05) is 31.2 Å². The van der Waals surface area contributed by atoms with E-state index in [0.717, 1.165) is 12.1 Å². The predicted octanol–water partition coefficient (Wildman–Crippen LogP) is 4.26. The summed E-state index contributed by atoms with van der Waals surface area (Å²) in [5.74, 6) is -0.381. The van der Waals surface area contributed by atoms with Crippen molar-refractivity contribution in [1.82, 2.24) is 19.1 Å². The Morgan fingerprint density at radius 3 is 2.69 bits per heavy atom. The summed E-state index contributed by atoms with van der Waals surface area (Å²) in [6, 6.07) is 10.9. The molecule has 11 heteroatoms. The minimum absolute atomic E-state index is 0.0168. The Bertz CT molecular complexity index is 1380. The zero-order valence-electron chi connectivity index (χ0n) is 18.4. The van der Waals surface area contributed by atoms with Gasteiger partial charge in [-0.05, 0) is 36.8 Å². The predicted molar refractivity (Wildman–Crippen MR) is 123 cm³/mol. The second-order valence-corrected chi connectivity index (χ2v) is 8.26. The van der Waals surface area contributed by atoms with E-state index >= 15 is 0 Å². The first-order valence-electron chi connectivity index (χ1n) is 11.0. The van der Waals surface area contributed by atoms with Crippen molar-refractivity contribution >= 4 is 34.5 Å². The molecule has 0 aliphatic carbocycles. The number of alkyl halides is 3. The smallest absolute Gasteiger partial charge is 0.337 e. The summed E-state index contributed by atoms with van der Waals surface area (Å²) in [6.07, 6.45) is 1.10. The number of hydrogen-bond acceptors (Lipinski definition) is 4. The number of hydrogen-bond donors (Lipinski definition) is 1. The maximum Gasteiger partial charge on any atom is 0.416 e. The van der Waals surface area contributed by atoms with Gasteiger partial charge in [-0.3, -0.25) is 19.1 Å². The average molecular weight is 482 g/mol. The fourth-order valence-corrected chi connectivity index (χ4v) is 4.30. The van der Waals surface area contributed by atoms with Crippen LogP contribution in [0.25, 0.3) is 11.0 Å². The highest BCUT2D eigenvalue weighted by Crippen LogP contribution is 2.37. The summed E-state index contributed by atoms with van der Waals surface area (Å²) in [7, 11) is 0. The Labute approximate surface area is 198 Å². The van der Waals surface area contributed by atoms with Gasteiger partial charge < -0.3 is 9.88 Å². The van der Waals surface area contributed by atoms with Gasteiger partial charge in [0.25, 0.3) is 5.91 Å². The van der Waals surface area contributed by atoms with E-state index in [9.17, 15) is 22.8 Å². The average Bonchev–Trinajstić information content (AvgIpc) is 3.52. The number of fused-ring (bicyclic) bond motifs is 3. The number of halogens is 3. The Morgan fingerprint density at radius 1 is 1.09 bits per heavy atom. The van der Waals surface area contributed by atoms with E-state index in [4.69, 9.17) is 0 Å². The highest BCUT2D eigenvalue weighted by atomic mass is 19.4. The molecule has 0 unspecified atom stereocenters. The van der Waals surface area contributed by atoms with Gasteiger partial charge in [0.05, 0.1) is 29.3 Å². The van der Waals surface area contributed by atoms with Crippen LogP contribution >= 0.6 is 0 Å². The lowest BCUT2D eigenvalue weighted by atomic mass is 10.1. The zero-order chi connectivity index (χ0) is 24.6. The lowest BCUT2D eigenvalue weighted by Gasteiger charge is -2.16. The molecule has 1 aliphatic heterocycles. The second-order valence-electron chi connectivity index (χ2n) is 8.26. The van der Waals surface area contributed by atoms with E-state index in [2.05, 4.69) is 15.3 Å². The molecule has 5 rings (SSSR count). The second kappa shape index (κ2) is 8.90. The first-order chi connectivity index (χ1) is 16.8. The molecular weight excluding hydrogens is 461 g/mol. The number of rotatable bonds is 7. The number of benzene rings is 2. The highest BCUT2D eigenvalue weighted by Gasteiger charge is 2.40. The van der Waals surface area contributed by atoms with E-state index in [-0.39, 0.29) is 18.0 Å². The van der Waals surface area contributed by atoms with Crippen molar-refractivity contribution in [2.24, 2.45) is 0 Å². The molecule has 0 saturated heterocycles. The van der Waals surface area contributed by atoms with Crippen LogP contribution in [0.3, 0.4) is 0 Å². The first kappa shape index (κ1) is 22.6. The van der Waals surface area contributed by atoms with E-state index in [1.807, 2.05) is 35.0 Å². The number of anilines is 2. The monoisotopic (exact) mass is 482 g/mol. The molecule has 1 aliphatic rings. The van der Waals surface area contributed by atoms with E-state index < -0.39 is 23.7 Å². The number of aromatic nitrogens is 4. The van der Waals surface area contributed by atoms with Crippen LogP contribution in [0.5, 0.6) is 0 Å². The van der Waals surface area contributed by atoms with Gasteiger partial charge in [0.15, 0.2) is 0 Å². The molecule has 0 radical (unpaired) electrons. The maximum atomic E-state index is 13.4. The molecule has 1 atom stereocenters. The van der Waals surface area contributed by atoms with Gasteiger partial charge in [-0.25, -0.2) is 9.97 Å². The molecular formula is C24H21F3N6O2. The van der Waals surface area contributed by atoms with Crippen molar-refractivity contribution in [2.45, 2.75) is 31.6 Å². The number of imidazole rings is 2. The van der Waals surface area contributed by atoms with Crippen LogP contribution in [-0.2, 0) is 22.3 Å². The van der Waals surface area contributed by atoms with E-state index in [0.29, 0.717) is 36.5 Å². The SMILES string of the molecule is O=C(C[C@H]1C(=O)N(CCCn2ccnc2)c2nc3ccccc3n21)Nc1cccc(C(F)(F)F)c1. The third-order valence-corrected chi connectivity index (χ3v) is 5.89. The Kier molecular flexibility index (Phi) is 5.75. The fourth-order valence-electron chi connectivity index (χ4n) is 4.30. The molecule has 0 spiro atoms. The van der Waals surface area contributed by atoms with E-state index in [1.165, 1.54) is 12.1 Å². The van der Waals surface area contributed by atoms with Crippen LogP contribution in [0.4, 0.5) is 24.8 Å². The number of carbonyl (C=O) groups excluding carboxylic acids is 2. The number of nitrogens with one attached hydrogen (secondary N) is 1. The largest absolute Gasteiger partial charge is 0.416 e.